The molecule has 3 unspecified atom stereocenters. The van der Waals surface area contributed by atoms with E-state index in [2.05, 4.69) is 30.9 Å². The fraction of sp³-hybridized carbons (Fsp3) is 0.727. The molecule has 1 aromatic carbocycles. The van der Waals surface area contributed by atoms with Gasteiger partial charge in [0, 0.05) is 25.7 Å². The molecule has 27 heavy (non-hydrogen) atoms. The molecule has 4 nitrogen and oxygen atoms in total. The Morgan fingerprint density at radius 1 is 1.15 bits per heavy atom. The predicted molar refractivity (Wildman–Crippen MR) is 105 cm³/mol. The van der Waals surface area contributed by atoms with Crippen LogP contribution in [0.4, 0.5) is 4.39 Å². The van der Waals surface area contributed by atoms with E-state index in [4.69, 9.17) is 14.2 Å². The van der Waals surface area contributed by atoms with Crippen LogP contribution >= 0.6 is 0 Å². The fourth-order valence-corrected chi connectivity index (χ4v) is 4.87. The number of piperidine rings is 1. The molecule has 0 radical (unpaired) electrons. The third kappa shape index (κ3) is 4.57. The molecule has 3 atom stereocenters. The maximum atomic E-state index is 12.5. The number of rotatable bonds is 8. The fourth-order valence-electron chi connectivity index (χ4n) is 4.87. The zero-order valence-corrected chi connectivity index (χ0v) is 17.2. The minimum atomic E-state index is -0.406. The van der Waals surface area contributed by atoms with Crippen molar-refractivity contribution in [3.63, 3.8) is 0 Å². The van der Waals surface area contributed by atoms with Crippen molar-refractivity contribution in [3.05, 3.63) is 23.3 Å². The number of hydrogen-bond acceptors (Lipinski definition) is 4. The molecule has 0 N–H and O–H groups in total. The summed E-state index contributed by atoms with van der Waals surface area (Å²) in [7, 11) is 3.38. The van der Waals surface area contributed by atoms with Crippen LogP contribution in [0.15, 0.2) is 12.1 Å². The quantitative estimate of drug-likeness (QED) is 0.631. The lowest BCUT2D eigenvalue weighted by Gasteiger charge is -2.47. The Labute approximate surface area is 163 Å². The van der Waals surface area contributed by atoms with Crippen molar-refractivity contribution in [1.29, 1.82) is 0 Å². The van der Waals surface area contributed by atoms with Crippen LogP contribution in [0.5, 0.6) is 11.5 Å². The van der Waals surface area contributed by atoms with Crippen LogP contribution in [0.3, 0.4) is 0 Å². The highest BCUT2D eigenvalue weighted by Crippen LogP contribution is 2.45. The van der Waals surface area contributed by atoms with Gasteiger partial charge in [0.25, 0.3) is 0 Å². The second kappa shape index (κ2) is 9.24. The minimum absolute atomic E-state index is 0.209. The molecule has 5 heteroatoms. The van der Waals surface area contributed by atoms with E-state index in [9.17, 15) is 4.39 Å². The summed E-state index contributed by atoms with van der Waals surface area (Å²) in [6.45, 7) is 7.22. The van der Waals surface area contributed by atoms with Gasteiger partial charge in [0.05, 0.1) is 20.8 Å². The molecule has 0 aromatic heterocycles. The van der Waals surface area contributed by atoms with Gasteiger partial charge in [-0.2, -0.15) is 0 Å². The molecule has 0 saturated carbocycles. The van der Waals surface area contributed by atoms with Gasteiger partial charge in [0.2, 0.25) is 0 Å². The summed E-state index contributed by atoms with van der Waals surface area (Å²) in [5.41, 5.74) is 2.72. The first-order valence-corrected chi connectivity index (χ1v) is 10.2. The van der Waals surface area contributed by atoms with Crippen LogP contribution in [0.25, 0.3) is 0 Å². The molecule has 0 amide bonds. The molecule has 0 aliphatic carbocycles. The highest BCUT2D eigenvalue weighted by atomic mass is 19.1. The molecule has 0 spiro atoms. The van der Waals surface area contributed by atoms with Gasteiger partial charge in [-0.1, -0.05) is 13.8 Å². The second-order valence-corrected chi connectivity index (χ2v) is 8.32. The van der Waals surface area contributed by atoms with Gasteiger partial charge < -0.3 is 14.2 Å². The summed E-state index contributed by atoms with van der Waals surface area (Å²) in [5.74, 6) is 3.35. The Bertz CT molecular complexity index is 622. The Kier molecular flexibility index (Phi) is 6.99. The molecule has 3 rings (SSSR count). The first kappa shape index (κ1) is 20.4. The lowest BCUT2D eigenvalue weighted by molar-refractivity contribution is -0.00755. The number of halogens is 1. The monoisotopic (exact) mass is 379 g/mol. The van der Waals surface area contributed by atoms with Crippen molar-refractivity contribution in [3.8, 4) is 11.5 Å². The van der Waals surface area contributed by atoms with E-state index >= 15 is 0 Å². The Balaban J connectivity index is 1.84. The third-order valence-corrected chi connectivity index (χ3v) is 6.10. The van der Waals surface area contributed by atoms with Crippen molar-refractivity contribution in [1.82, 2.24) is 4.90 Å². The van der Waals surface area contributed by atoms with E-state index < -0.39 is 6.67 Å². The van der Waals surface area contributed by atoms with Crippen molar-refractivity contribution in [2.45, 2.75) is 39.2 Å². The molecular weight excluding hydrogens is 345 g/mol. The third-order valence-electron chi connectivity index (χ3n) is 6.10. The average Bonchev–Trinajstić information content (AvgIpc) is 2.66. The van der Waals surface area contributed by atoms with E-state index in [-0.39, 0.29) is 6.61 Å². The summed E-state index contributed by atoms with van der Waals surface area (Å²) in [6, 6.07) is 4.68. The predicted octanol–water partition coefficient (Wildman–Crippen LogP) is 4.27. The zero-order chi connectivity index (χ0) is 19.4. The maximum absolute atomic E-state index is 12.5. The summed E-state index contributed by atoms with van der Waals surface area (Å²) in [5, 5.41) is 0. The SMILES string of the molecule is COc1cc2c(cc1OC)C1CC(COCCF)C(CC(C)C)CN1CC2. The second-order valence-electron chi connectivity index (χ2n) is 8.32. The van der Waals surface area contributed by atoms with E-state index in [1.807, 2.05) is 0 Å². The van der Waals surface area contributed by atoms with E-state index in [0.29, 0.717) is 30.4 Å². The molecule has 1 fully saturated rings. The van der Waals surface area contributed by atoms with Gasteiger partial charge in [-0.3, -0.25) is 4.90 Å². The number of benzene rings is 1. The number of alkyl halides is 1. The number of hydrogen-bond donors (Lipinski definition) is 0. The largest absolute Gasteiger partial charge is 0.493 e. The van der Waals surface area contributed by atoms with Gasteiger partial charge in [0.1, 0.15) is 6.67 Å². The average molecular weight is 380 g/mol. The summed E-state index contributed by atoms with van der Waals surface area (Å²) < 4.78 is 29.2. The Morgan fingerprint density at radius 3 is 2.56 bits per heavy atom. The van der Waals surface area contributed by atoms with Gasteiger partial charge in [0.15, 0.2) is 11.5 Å². The first-order chi connectivity index (χ1) is 13.1. The number of methoxy groups -OCH3 is 2. The van der Waals surface area contributed by atoms with Crippen molar-refractivity contribution >= 4 is 0 Å². The molecule has 2 heterocycles. The van der Waals surface area contributed by atoms with Gasteiger partial charge in [-0.05, 0) is 60.3 Å². The van der Waals surface area contributed by atoms with Crippen molar-refractivity contribution in [2.24, 2.45) is 17.8 Å². The summed E-state index contributed by atoms with van der Waals surface area (Å²) >= 11 is 0. The maximum Gasteiger partial charge on any atom is 0.161 e. The molecule has 2 aliphatic rings. The molecule has 152 valence electrons. The summed E-state index contributed by atoms with van der Waals surface area (Å²) in [4.78, 5) is 2.63. The van der Waals surface area contributed by atoms with Gasteiger partial charge in [-0.15, -0.1) is 0 Å². The number of ether oxygens (including phenoxy) is 3. The Hall–Kier alpha value is -1.33. The van der Waals surface area contributed by atoms with Gasteiger partial charge >= 0.3 is 0 Å². The van der Waals surface area contributed by atoms with Crippen LogP contribution < -0.4 is 9.47 Å². The minimum Gasteiger partial charge on any atom is -0.493 e. The van der Waals surface area contributed by atoms with E-state index in [0.717, 1.165) is 37.4 Å². The molecule has 1 aromatic rings. The molecule has 2 aliphatic heterocycles. The highest BCUT2D eigenvalue weighted by molar-refractivity contribution is 5.49. The standard InChI is InChI=1S/C22H34FNO3/c1-15(2)9-17-13-24-7-5-16-11-21(25-3)22(26-4)12-19(16)20(24)10-18(17)14-27-8-6-23/h11-12,15,17-18,20H,5-10,13-14H2,1-4H3. The van der Waals surface area contributed by atoms with Crippen LogP contribution in [-0.4, -0.2) is 52.1 Å². The van der Waals surface area contributed by atoms with Crippen LogP contribution in [0.2, 0.25) is 0 Å². The van der Waals surface area contributed by atoms with Crippen molar-refractivity contribution in [2.75, 3.05) is 47.2 Å². The van der Waals surface area contributed by atoms with Crippen LogP contribution in [0, 0.1) is 17.8 Å². The van der Waals surface area contributed by atoms with Crippen molar-refractivity contribution < 1.29 is 18.6 Å². The summed E-state index contributed by atoms with van der Waals surface area (Å²) in [6.07, 6.45) is 3.31. The highest BCUT2D eigenvalue weighted by Gasteiger charge is 2.39. The van der Waals surface area contributed by atoms with Crippen LogP contribution in [-0.2, 0) is 11.2 Å². The molecule has 0 bridgehead atoms. The molecule has 1 saturated heterocycles. The lowest BCUT2D eigenvalue weighted by Crippen LogP contribution is -2.47. The molecular formula is C22H34FNO3. The lowest BCUT2D eigenvalue weighted by atomic mass is 9.74. The van der Waals surface area contributed by atoms with E-state index in [1.54, 1.807) is 14.2 Å². The zero-order valence-electron chi connectivity index (χ0n) is 17.2. The normalized spacial score (nSPS) is 25.2. The number of nitrogens with zero attached hydrogens (tertiary/aromatic N) is 1. The topological polar surface area (TPSA) is 30.9 Å². The number of fused-ring (bicyclic) bond motifs is 3. The van der Waals surface area contributed by atoms with Crippen LogP contribution in [0.1, 0.15) is 43.9 Å². The van der Waals surface area contributed by atoms with Gasteiger partial charge in [-0.25, -0.2) is 4.39 Å². The Morgan fingerprint density at radius 2 is 1.89 bits per heavy atom. The first-order valence-electron chi connectivity index (χ1n) is 10.2. The van der Waals surface area contributed by atoms with E-state index in [1.165, 1.54) is 17.5 Å². The smallest absolute Gasteiger partial charge is 0.161 e.